The van der Waals surface area contributed by atoms with Crippen LogP contribution in [0.2, 0.25) is 0 Å². The van der Waals surface area contributed by atoms with Gasteiger partial charge in [0, 0.05) is 20.6 Å². The molecule has 1 rings (SSSR count). The minimum atomic E-state index is 0.548. The molecule has 1 aromatic heterocycles. The van der Waals surface area contributed by atoms with Crippen LogP contribution in [0.3, 0.4) is 0 Å². The Bertz CT molecular complexity index is 325. The number of hydrogen-bond donors (Lipinski definition) is 3. The number of nitrogens with zero attached hydrogens (tertiary/aromatic N) is 3. The molecule has 6 heteroatoms. The average molecular weight is 224 g/mol. The van der Waals surface area contributed by atoms with Crippen molar-refractivity contribution in [3.63, 3.8) is 0 Å². The highest BCUT2D eigenvalue weighted by Gasteiger charge is 2.07. The normalized spacial score (nSPS) is 10.5. The van der Waals surface area contributed by atoms with Gasteiger partial charge in [0.2, 0.25) is 0 Å². The smallest absolute Gasteiger partial charge is 0.169 e. The van der Waals surface area contributed by atoms with Crippen molar-refractivity contribution in [1.82, 2.24) is 15.0 Å². The molecule has 0 spiro atoms. The zero-order valence-corrected chi connectivity index (χ0v) is 10.1. The van der Waals surface area contributed by atoms with Crippen molar-refractivity contribution in [1.29, 1.82) is 0 Å². The van der Waals surface area contributed by atoms with E-state index in [1.807, 2.05) is 14.1 Å². The lowest BCUT2D eigenvalue weighted by atomic mass is 10.3. The van der Waals surface area contributed by atoms with Crippen molar-refractivity contribution in [2.24, 2.45) is 0 Å². The molecule has 6 nitrogen and oxygen atoms in total. The van der Waals surface area contributed by atoms with Gasteiger partial charge in [-0.1, -0.05) is 13.3 Å². The molecule has 1 heterocycles. The molecule has 0 unspecified atom stereocenters. The van der Waals surface area contributed by atoms with Crippen LogP contribution in [-0.2, 0) is 0 Å². The van der Waals surface area contributed by atoms with Gasteiger partial charge in [0.1, 0.15) is 12.0 Å². The van der Waals surface area contributed by atoms with Gasteiger partial charge in [0.15, 0.2) is 11.6 Å². The zero-order chi connectivity index (χ0) is 12.0. The molecule has 0 aliphatic rings. The number of nitrogens with one attached hydrogen (secondary N) is 2. The van der Waals surface area contributed by atoms with Crippen LogP contribution in [0.25, 0.3) is 0 Å². The first kappa shape index (κ1) is 12.5. The lowest BCUT2D eigenvalue weighted by Crippen LogP contribution is -2.22. The van der Waals surface area contributed by atoms with Crippen molar-refractivity contribution in [2.45, 2.75) is 19.8 Å². The Morgan fingerprint density at radius 3 is 2.62 bits per heavy atom. The van der Waals surface area contributed by atoms with Crippen LogP contribution >= 0.6 is 0 Å². The van der Waals surface area contributed by atoms with Crippen molar-refractivity contribution in [3.05, 3.63) is 6.33 Å². The number of hydrazine groups is 1. The Labute approximate surface area is 96.2 Å². The number of hydrogen-bond acceptors (Lipinski definition) is 6. The van der Waals surface area contributed by atoms with Gasteiger partial charge in [-0.25, -0.2) is 15.0 Å². The van der Waals surface area contributed by atoms with Crippen LogP contribution in [0.1, 0.15) is 19.8 Å². The summed E-state index contributed by atoms with van der Waals surface area (Å²) in [5, 5.41) is 4.98. The van der Waals surface area contributed by atoms with Crippen LogP contribution in [0.4, 0.5) is 17.3 Å². The molecular weight excluding hydrogens is 204 g/mol. The number of unbranched alkanes of at least 4 members (excludes halogenated alkanes) is 1. The molecule has 0 saturated heterocycles. The fourth-order valence-electron chi connectivity index (χ4n) is 1.22. The Morgan fingerprint density at radius 2 is 2.00 bits per heavy atom. The maximum absolute atomic E-state index is 5.94. The lowest BCUT2D eigenvalue weighted by molar-refractivity contribution is 0.492. The molecular formula is C10H20N6. The van der Waals surface area contributed by atoms with E-state index in [-0.39, 0.29) is 0 Å². The summed E-state index contributed by atoms with van der Waals surface area (Å²) in [5.41, 5.74) is 9.51. The van der Waals surface area contributed by atoms with Gasteiger partial charge in [-0.2, -0.15) is 0 Å². The number of aromatic nitrogens is 2. The first-order valence-electron chi connectivity index (χ1n) is 5.43. The molecule has 0 aliphatic heterocycles. The Balaban J connectivity index is 2.70. The maximum atomic E-state index is 5.94. The second-order valence-electron chi connectivity index (χ2n) is 3.77. The highest BCUT2D eigenvalue weighted by atomic mass is 15.5. The van der Waals surface area contributed by atoms with Crippen molar-refractivity contribution >= 4 is 17.3 Å². The Morgan fingerprint density at radius 1 is 1.31 bits per heavy atom. The summed E-state index contributed by atoms with van der Waals surface area (Å²) in [4.78, 5) is 8.19. The molecule has 0 bridgehead atoms. The van der Waals surface area contributed by atoms with Crippen LogP contribution in [0.15, 0.2) is 6.33 Å². The average Bonchev–Trinajstić information content (AvgIpc) is 2.23. The SMILES string of the molecule is CCCCNc1ncnc(NN(C)C)c1N. The standard InChI is InChI=1S/C10H20N6/c1-4-5-6-12-9-8(11)10(14-7-13-9)15-16(2)3/h7H,4-6,11H2,1-3H3,(H2,12,13,14,15). The summed E-state index contributed by atoms with van der Waals surface area (Å²) in [6.45, 7) is 3.02. The number of nitrogens with two attached hydrogens (primary N) is 1. The van der Waals surface area contributed by atoms with E-state index in [4.69, 9.17) is 5.73 Å². The van der Waals surface area contributed by atoms with E-state index < -0.39 is 0 Å². The number of rotatable bonds is 6. The molecule has 4 N–H and O–H groups in total. The topological polar surface area (TPSA) is 79.1 Å². The molecule has 0 atom stereocenters. The molecule has 0 radical (unpaired) electrons. The predicted molar refractivity (Wildman–Crippen MR) is 67.2 cm³/mol. The van der Waals surface area contributed by atoms with E-state index in [1.165, 1.54) is 6.33 Å². The van der Waals surface area contributed by atoms with Crippen LogP contribution in [0, 0.1) is 0 Å². The molecule has 0 aliphatic carbocycles. The van der Waals surface area contributed by atoms with Crippen molar-refractivity contribution in [3.8, 4) is 0 Å². The largest absolute Gasteiger partial charge is 0.393 e. The molecule has 16 heavy (non-hydrogen) atoms. The Hall–Kier alpha value is -1.56. The molecule has 1 aromatic rings. The summed E-state index contributed by atoms with van der Waals surface area (Å²) in [5.74, 6) is 1.31. The van der Waals surface area contributed by atoms with E-state index in [2.05, 4.69) is 27.6 Å². The summed E-state index contributed by atoms with van der Waals surface area (Å²) in [6.07, 6.45) is 3.73. The van der Waals surface area contributed by atoms with Crippen molar-refractivity contribution < 1.29 is 0 Å². The van der Waals surface area contributed by atoms with Gasteiger partial charge in [-0.15, -0.1) is 0 Å². The van der Waals surface area contributed by atoms with Gasteiger partial charge in [-0.05, 0) is 6.42 Å². The van der Waals surface area contributed by atoms with Gasteiger partial charge >= 0.3 is 0 Å². The Kier molecular flexibility index (Phi) is 4.78. The van der Waals surface area contributed by atoms with E-state index in [1.54, 1.807) is 5.01 Å². The fourth-order valence-corrected chi connectivity index (χ4v) is 1.22. The maximum Gasteiger partial charge on any atom is 0.169 e. The van der Waals surface area contributed by atoms with E-state index in [0.29, 0.717) is 17.3 Å². The van der Waals surface area contributed by atoms with E-state index in [0.717, 1.165) is 19.4 Å². The third-order valence-corrected chi connectivity index (χ3v) is 2.04. The quantitative estimate of drug-likeness (QED) is 0.497. The fraction of sp³-hybridized carbons (Fsp3) is 0.600. The number of anilines is 3. The second kappa shape index (κ2) is 6.12. The first-order valence-corrected chi connectivity index (χ1v) is 5.43. The molecule has 0 fully saturated rings. The monoisotopic (exact) mass is 224 g/mol. The highest BCUT2D eigenvalue weighted by molar-refractivity contribution is 5.73. The molecule has 0 saturated carbocycles. The molecule has 0 amide bonds. The first-order chi connectivity index (χ1) is 7.65. The van der Waals surface area contributed by atoms with Gasteiger partial charge in [-0.3, -0.25) is 0 Å². The van der Waals surface area contributed by atoms with Gasteiger partial charge < -0.3 is 16.5 Å². The summed E-state index contributed by atoms with van der Waals surface area (Å²) < 4.78 is 0. The number of nitrogen functional groups attached to an aromatic ring is 1. The van der Waals surface area contributed by atoms with E-state index >= 15 is 0 Å². The summed E-state index contributed by atoms with van der Waals surface area (Å²) >= 11 is 0. The third kappa shape index (κ3) is 3.54. The van der Waals surface area contributed by atoms with E-state index in [9.17, 15) is 0 Å². The predicted octanol–water partition coefficient (Wildman–Crippen LogP) is 1.16. The van der Waals surface area contributed by atoms with Crippen LogP contribution < -0.4 is 16.5 Å². The van der Waals surface area contributed by atoms with Gasteiger partial charge in [0.05, 0.1) is 0 Å². The minimum absolute atomic E-state index is 0.548. The molecule has 0 aromatic carbocycles. The summed E-state index contributed by atoms with van der Waals surface area (Å²) in [6, 6.07) is 0. The zero-order valence-electron chi connectivity index (χ0n) is 10.1. The third-order valence-electron chi connectivity index (χ3n) is 2.04. The lowest BCUT2D eigenvalue weighted by Gasteiger charge is -2.16. The van der Waals surface area contributed by atoms with Crippen molar-refractivity contribution in [2.75, 3.05) is 37.1 Å². The van der Waals surface area contributed by atoms with Gasteiger partial charge in [0.25, 0.3) is 0 Å². The highest BCUT2D eigenvalue weighted by Crippen LogP contribution is 2.22. The second-order valence-corrected chi connectivity index (χ2v) is 3.77. The minimum Gasteiger partial charge on any atom is -0.393 e. The summed E-state index contributed by atoms with van der Waals surface area (Å²) in [7, 11) is 3.76. The molecule has 90 valence electrons. The van der Waals surface area contributed by atoms with Crippen LogP contribution in [-0.4, -0.2) is 35.6 Å². The van der Waals surface area contributed by atoms with Crippen LogP contribution in [0.5, 0.6) is 0 Å².